The summed E-state index contributed by atoms with van der Waals surface area (Å²) in [6, 6.07) is 10.7. The Kier molecular flexibility index (Phi) is 9.95. The molecule has 1 fully saturated rings. The first-order valence-corrected chi connectivity index (χ1v) is 16.5. The van der Waals surface area contributed by atoms with Crippen LogP contribution >= 0.6 is 11.6 Å². The highest BCUT2D eigenvalue weighted by molar-refractivity contribution is 7.87. The van der Waals surface area contributed by atoms with Crippen LogP contribution in [-0.2, 0) is 32.8 Å². The molecule has 3 atom stereocenters. The standard InChI is InChI=1S/C31H38ClN3O7S/c1-41-30(37)19-35-15-5-3-7-28(36)26-12-9-23(26)18-34-14-4-2-6-21-16-25(32)11-8-24(21)20-42-29-13-10-22(17-27(29)34)31(38)33-43(35,39)40/h3,7-8,10-11,13,16-17,23,26,28,36H,2,4-6,9,12,14-15,18-20H2,1H3,(H,33,38)/b7-3+/t23-,26+,28?/m0/s1. The molecule has 10 nitrogen and oxygen atoms in total. The Bertz CT molecular complexity index is 1480. The zero-order valence-corrected chi connectivity index (χ0v) is 25.8. The van der Waals surface area contributed by atoms with Crippen molar-refractivity contribution in [1.82, 2.24) is 9.03 Å². The highest BCUT2D eigenvalue weighted by Crippen LogP contribution is 2.41. The summed E-state index contributed by atoms with van der Waals surface area (Å²) in [5, 5.41) is 11.7. The number of nitrogens with one attached hydrogen (secondary N) is 1. The number of aliphatic hydroxyl groups is 1. The molecule has 2 aliphatic heterocycles. The van der Waals surface area contributed by atoms with E-state index < -0.39 is 34.7 Å². The van der Waals surface area contributed by atoms with Gasteiger partial charge >= 0.3 is 16.2 Å². The number of esters is 1. The number of nitrogens with zero attached hydrogens (tertiary/aromatic N) is 2. The summed E-state index contributed by atoms with van der Waals surface area (Å²) in [7, 11) is -3.23. The van der Waals surface area contributed by atoms with Gasteiger partial charge in [-0.25, -0.2) is 4.72 Å². The Balaban J connectivity index is 1.53. The lowest BCUT2D eigenvalue weighted by molar-refractivity contribution is -0.140. The third kappa shape index (κ3) is 7.52. The second-order valence-corrected chi connectivity index (χ2v) is 13.4. The number of hydrogen-bond acceptors (Lipinski definition) is 8. The molecule has 3 aliphatic rings. The molecule has 0 saturated heterocycles. The van der Waals surface area contributed by atoms with Crippen LogP contribution in [0, 0.1) is 11.8 Å². The monoisotopic (exact) mass is 631 g/mol. The van der Waals surface area contributed by atoms with Gasteiger partial charge in [0.15, 0.2) is 0 Å². The number of methoxy groups -OCH3 is 1. The van der Waals surface area contributed by atoms with Crippen molar-refractivity contribution >= 4 is 39.4 Å². The van der Waals surface area contributed by atoms with Crippen molar-refractivity contribution in [2.75, 3.05) is 38.2 Å². The Hall–Kier alpha value is -3.12. The van der Waals surface area contributed by atoms with Gasteiger partial charge in [-0.3, -0.25) is 9.59 Å². The topological polar surface area (TPSA) is 125 Å². The molecule has 2 aromatic rings. The number of aliphatic hydroxyl groups excluding tert-OH is 1. The molecule has 2 bridgehead atoms. The predicted molar refractivity (Wildman–Crippen MR) is 163 cm³/mol. The van der Waals surface area contributed by atoms with Gasteiger partial charge in [-0.15, -0.1) is 0 Å². The maximum absolute atomic E-state index is 13.4. The van der Waals surface area contributed by atoms with E-state index in [1.54, 1.807) is 24.3 Å². The van der Waals surface area contributed by atoms with Gasteiger partial charge in [0.25, 0.3) is 5.91 Å². The molecule has 2 N–H and O–H groups in total. The van der Waals surface area contributed by atoms with Crippen LogP contribution in [0.2, 0.25) is 5.02 Å². The highest BCUT2D eigenvalue weighted by Gasteiger charge is 2.37. The average Bonchev–Trinajstić information content (AvgIpc) is 2.99. The Morgan fingerprint density at radius 3 is 2.74 bits per heavy atom. The first kappa shape index (κ1) is 31.3. The van der Waals surface area contributed by atoms with Crippen LogP contribution in [0.15, 0.2) is 48.6 Å². The number of ether oxygens (including phenoxy) is 2. The third-order valence-electron chi connectivity index (χ3n) is 8.58. The van der Waals surface area contributed by atoms with Crippen LogP contribution in [0.1, 0.15) is 53.6 Å². The first-order chi connectivity index (χ1) is 20.6. The van der Waals surface area contributed by atoms with E-state index in [1.807, 2.05) is 18.2 Å². The Labute approximate surface area is 257 Å². The smallest absolute Gasteiger partial charge is 0.321 e. The summed E-state index contributed by atoms with van der Waals surface area (Å²) in [5.41, 5.74) is 3.01. The quantitative estimate of drug-likeness (QED) is 0.378. The number of rotatable bonds is 2. The Morgan fingerprint density at radius 2 is 1.98 bits per heavy atom. The number of carbonyl (C=O) groups excluding carboxylic acids is 2. The van der Waals surface area contributed by atoms with Crippen molar-refractivity contribution in [1.29, 1.82) is 0 Å². The van der Waals surface area contributed by atoms with Crippen molar-refractivity contribution in [3.05, 3.63) is 70.3 Å². The van der Waals surface area contributed by atoms with Gasteiger partial charge in [0, 0.05) is 30.2 Å². The molecule has 1 aliphatic carbocycles. The molecule has 2 aromatic carbocycles. The van der Waals surface area contributed by atoms with Crippen LogP contribution in [0.5, 0.6) is 5.75 Å². The van der Waals surface area contributed by atoms with Crippen molar-refractivity contribution in [3.63, 3.8) is 0 Å². The largest absolute Gasteiger partial charge is 0.487 e. The van der Waals surface area contributed by atoms with Crippen LogP contribution in [0.25, 0.3) is 0 Å². The van der Waals surface area contributed by atoms with E-state index in [4.69, 9.17) is 16.3 Å². The zero-order valence-electron chi connectivity index (χ0n) is 24.2. The lowest BCUT2D eigenvalue weighted by Gasteiger charge is -2.42. The lowest BCUT2D eigenvalue weighted by atomic mass is 9.70. The second kappa shape index (κ2) is 13.7. The fraction of sp³-hybridized carbons (Fsp3) is 0.484. The molecule has 1 amide bonds. The molecule has 232 valence electrons. The maximum Gasteiger partial charge on any atom is 0.321 e. The molecule has 0 radical (unpaired) electrons. The Morgan fingerprint density at radius 1 is 1.14 bits per heavy atom. The third-order valence-corrected chi connectivity index (χ3v) is 10.3. The van der Waals surface area contributed by atoms with Gasteiger partial charge in [0.1, 0.15) is 18.9 Å². The summed E-state index contributed by atoms with van der Waals surface area (Å²) >= 11 is 6.29. The van der Waals surface area contributed by atoms with Gasteiger partial charge < -0.3 is 19.5 Å². The fourth-order valence-electron chi connectivity index (χ4n) is 5.96. The van der Waals surface area contributed by atoms with Gasteiger partial charge in [-0.05, 0) is 91.8 Å². The van der Waals surface area contributed by atoms with Crippen LogP contribution in [-0.4, -0.2) is 69.1 Å². The molecular formula is C31H38ClN3O7S. The van der Waals surface area contributed by atoms with E-state index in [2.05, 4.69) is 14.4 Å². The molecule has 0 spiro atoms. The number of fused-ring (bicyclic) bond motifs is 3. The average molecular weight is 632 g/mol. The van der Waals surface area contributed by atoms with E-state index in [0.717, 1.165) is 47.5 Å². The number of halogens is 1. The highest BCUT2D eigenvalue weighted by atomic mass is 35.5. The van der Waals surface area contributed by atoms with E-state index in [1.165, 1.54) is 13.2 Å². The summed E-state index contributed by atoms with van der Waals surface area (Å²) in [5.74, 6) is -0.706. The number of aryl methyl sites for hydroxylation is 1. The van der Waals surface area contributed by atoms with Crippen molar-refractivity contribution in [3.8, 4) is 5.75 Å². The van der Waals surface area contributed by atoms with Crippen LogP contribution in [0.3, 0.4) is 0 Å². The van der Waals surface area contributed by atoms with Crippen LogP contribution in [0.4, 0.5) is 5.69 Å². The van der Waals surface area contributed by atoms with E-state index in [0.29, 0.717) is 36.2 Å². The zero-order chi connectivity index (χ0) is 30.6. The fourth-order valence-corrected chi connectivity index (χ4v) is 7.26. The number of benzene rings is 2. The van der Waals surface area contributed by atoms with Crippen LogP contribution < -0.4 is 14.4 Å². The molecule has 2 heterocycles. The minimum absolute atomic E-state index is 0.0551. The summed E-state index contributed by atoms with van der Waals surface area (Å²) in [6.45, 7) is 1.04. The van der Waals surface area contributed by atoms with E-state index >= 15 is 0 Å². The predicted octanol–water partition coefficient (Wildman–Crippen LogP) is 3.86. The lowest BCUT2D eigenvalue weighted by Crippen LogP contribution is -2.46. The molecule has 5 rings (SSSR count). The maximum atomic E-state index is 13.4. The number of carbonyl (C=O) groups is 2. The number of hydrogen-bond donors (Lipinski definition) is 2. The summed E-state index contributed by atoms with van der Waals surface area (Å²) < 4.78 is 40.5. The second-order valence-electron chi connectivity index (χ2n) is 11.3. The van der Waals surface area contributed by atoms with Gasteiger partial charge in [0.05, 0.1) is 18.9 Å². The van der Waals surface area contributed by atoms with Gasteiger partial charge in [-0.1, -0.05) is 29.8 Å². The molecule has 12 heteroatoms. The van der Waals surface area contributed by atoms with E-state index in [-0.39, 0.29) is 30.4 Å². The molecular weight excluding hydrogens is 594 g/mol. The minimum atomic E-state index is -4.39. The first-order valence-electron chi connectivity index (χ1n) is 14.7. The van der Waals surface area contributed by atoms with Gasteiger partial charge in [-0.2, -0.15) is 12.7 Å². The van der Waals surface area contributed by atoms with Gasteiger partial charge in [0.2, 0.25) is 0 Å². The molecule has 1 unspecified atom stereocenters. The number of anilines is 1. The molecule has 1 saturated carbocycles. The molecule has 43 heavy (non-hydrogen) atoms. The molecule has 0 aromatic heterocycles. The summed E-state index contributed by atoms with van der Waals surface area (Å²) in [6.07, 6.45) is 7.50. The normalized spacial score (nSPS) is 25.4. The van der Waals surface area contributed by atoms with Crippen molar-refractivity contribution in [2.24, 2.45) is 11.8 Å². The number of amides is 1. The SMILES string of the molecule is COC(=O)CN1CC/C=C/C(O)[C@@H]2CC[C@H]2CN2CCCCc3cc(Cl)ccc3COc3ccc(cc32)C(=O)NS1(=O)=O. The van der Waals surface area contributed by atoms with Crippen molar-refractivity contribution in [2.45, 2.75) is 51.2 Å². The summed E-state index contributed by atoms with van der Waals surface area (Å²) in [4.78, 5) is 27.6. The van der Waals surface area contributed by atoms with Crippen molar-refractivity contribution < 1.29 is 32.6 Å². The minimum Gasteiger partial charge on any atom is -0.487 e. The van der Waals surface area contributed by atoms with E-state index in [9.17, 15) is 23.1 Å².